The molecule has 2 aromatic heterocycles. The predicted octanol–water partition coefficient (Wildman–Crippen LogP) is 2.10. The van der Waals surface area contributed by atoms with Gasteiger partial charge in [0.2, 0.25) is 0 Å². The first-order valence-corrected chi connectivity index (χ1v) is 6.25. The Kier molecular flexibility index (Phi) is 2.04. The average molecular weight is 238 g/mol. The average Bonchev–Trinajstić information content (AvgIpc) is 2.83. The van der Waals surface area contributed by atoms with E-state index in [-0.39, 0.29) is 0 Å². The van der Waals surface area contributed by atoms with E-state index in [1.165, 1.54) is 10.8 Å². The molecule has 0 bridgehead atoms. The lowest BCUT2D eigenvalue weighted by atomic mass is 10.1. The summed E-state index contributed by atoms with van der Waals surface area (Å²) in [5.41, 5.74) is 2.19. The first kappa shape index (κ1) is 9.91. The molecule has 1 saturated heterocycles. The summed E-state index contributed by atoms with van der Waals surface area (Å²) in [5, 5.41) is 9.11. The van der Waals surface area contributed by atoms with E-state index < -0.39 is 0 Å². The van der Waals surface area contributed by atoms with E-state index in [0.29, 0.717) is 6.04 Å². The molecule has 0 aliphatic carbocycles. The van der Waals surface area contributed by atoms with Gasteiger partial charge in [-0.25, -0.2) is 4.98 Å². The molecule has 0 unspecified atom stereocenters. The van der Waals surface area contributed by atoms with E-state index in [0.717, 1.165) is 29.9 Å². The smallest absolute Gasteiger partial charge is 0.136 e. The minimum absolute atomic E-state index is 0.497. The minimum Gasteiger partial charge on any atom is -0.364 e. The van der Waals surface area contributed by atoms with Gasteiger partial charge in [-0.1, -0.05) is 18.2 Å². The number of pyridine rings is 1. The Morgan fingerprint density at radius 2 is 2.00 bits per heavy atom. The van der Waals surface area contributed by atoms with Gasteiger partial charge in [-0.15, -0.1) is 0 Å². The van der Waals surface area contributed by atoms with Gasteiger partial charge in [-0.05, 0) is 12.1 Å². The lowest BCUT2D eigenvalue weighted by Crippen LogP contribution is -2.51. The van der Waals surface area contributed by atoms with Gasteiger partial charge in [0.25, 0.3) is 0 Å². The lowest BCUT2D eigenvalue weighted by Gasteiger charge is -2.28. The number of aromatic nitrogens is 2. The molecule has 1 fully saturated rings. The van der Waals surface area contributed by atoms with Crippen molar-refractivity contribution in [3.8, 4) is 0 Å². The van der Waals surface area contributed by atoms with Crippen molar-refractivity contribution in [3.63, 3.8) is 0 Å². The van der Waals surface area contributed by atoms with Gasteiger partial charge in [0.15, 0.2) is 0 Å². The van der Waals surface area contributed by atoms with E-state index >= 15 is 0 Å². The Morgan fingerprint density at radius 1 is 1.11 bits per heavy atom. The molecular weight excluding hydrogens is 224 g/mol. The molecule has 4 nitrogen and oxygen atoms in total. The van der Waals surface area contributed by atoms with Gasteiger partial charge in [0, 0.05) is 30.1 Å². The lowest BCUT2D eigenvalue weighted by molar-refractivity contribution is 0.471. The van der Waals surface area contributed by atoms with Crippen LogP contribution >= 0.6 is 0 Å². The van der Waals surface area contributed by atoms with Crippen molar-refractivity contribution < 1.29 is 0 Å². The summed E-state index contributed by atoms with van der Waals surface area (Å²) in [6, 6.07) is 10.8. The van der Waals surface area contributed by atoms with Crippen molar-refractivity contribution in [2.24, 2.45) is 0 Å². The van der Waals surface area contributed by atoms with Crippen molar-refractivity contribution in [3.05, 3.63) is 36.5 Å². The third-order valence-electron chi connectivity index (χ3n) is 3.53. The summed E-state index contributed by atoms with van der Waals surface area (Å²) >= 11 is 0. The topological polar surface area (TPSA) is 52.7 Å². The fourth-order valence-electron chi connectivity index (χ4n) is 2.45. The van der Waals surface area contributed by atoms with Crippen LogP contribution in [0.5, 0.6) is 0 Å². The normalized spacial score (nSPS) is 16.0. The van der Waals surface area contributed by atoms with Crippen molar-refractivity contribution >= 4 is 27.6 Å². The number of benzene rings is 1. The van der Waals surface area contributed by atoms with Gasteiger partial charge in [-0.3, -0.25) is 0 Å². The van der Waals surface area contributed by atoms with E-state index in [4.69, 9.17) is 4.98 Å². The fraction of sp³-hybridized carbons (Fsp3) is 0.214. The highest BCUT2D eigenvalue weighted by atomic mass is 15.1. The number of nitrogens with one attached hydrogen (secondary N) is 3. The minimum atomic E-state index is 0.497. The maximum absolute atomic E-state index is 4.74. The summed E-state index contributed by atoms with van der Waals surface area (Å²) in [7, 11) is 0. The molecule has 1 aliphatic heterocycles. The van der Waals surface area contributed by atoms with Crippen molar-refractivity contribution in [2.75, 3.05) is 18.4 Å². The number of fused-ring (bicyclic) bond motifs is 3. The molecule has 3 N–H and O–H groups in total. The zero-order valence-corrected chi connectivity index (χ0v) is 9.90. The standard InChI is InChI=1S/C14H14N4/c1-2-4-12-10(3-1)13-11(5-6-16-13)14(18-12)17-9-7-15-8-9/h1-6,9,15-16H,7-8H2,(H,17,18). The van der Waals surface area contributed by atoms with E-state index in [9.17, 15) is 0 Å². The van der Waals surface area contributed by atoms with Crippen LogP contribution in [0.3, 0.4) is 0 Å². The van der Waals surface area contributed by atoms with Gasteiger partial charge in [0.1, 0.15) is 5.82 Å². The second-order valence-electron chi connectivity index (χ2n) is 4.74. The zero-order valence-electron chi connectivity index (χ0n) is 9.90. The van der Waals surface area contributed by atoms with Crippen LogP contribution in [0.4, 0.5) is 5.82 Å². The fourth-order valence-corrected chi connectivity index (χ4v) is 2.45. The largest absolute Gasteiger partial charge is 0.364 e. The van der Waals surface area contributed by atoms with Crippen LogP contribution in [-0.4, -0.2) is 29.1 Å². The number of nitrogens with zero attached hydrogens (tertiary/aromatic N) is 1. The number of hydrogen-bond donors (Lipinski definition) is 3. The zero-order chi connectivity index (χ0) is 11.9. The summed E-state index contributed by atoms with van der Waals surface area (Å²) in [6.07, 6.45) is 1.98. The van der Waals surface area contributed by atoms with Gasteiger partial charge in [-0.2, -0.15) is 0 Å². The highest BCUT2D eigenvalue weighted by molar-refractivity contribution is 6.08. The number of rotatable bonds is 2. The summed E-state index contributed by atoms with van der Waals surface area (Å²) in [5.74, 6) is 0.983. The van der Waals surface area contributed by atoms with Gasteiger partial charge >= 0.3 is 0 Å². The Bertz CT molecular complexity index is 712. The first-order chi connectivity index (χ1) is 8.92. The molecule has 1 aromatic carbocycles. The summed E-state index contributed by atoms with van der Waals surface area (Å²) in [6.45, 7) is 2.03. The van der Waals surface area contributed by atoms with Crippen LogP contribution in [0.15, 0.2) is 36.5 Å². The number of hydrogen-bond acceptors (Lipinski definition) is 3. The Labute approximate surface area is 104 Å². The SMILES string of the molecule is c1ccc2c(c1)nc(NC1CNC1)c1cc[nH]c12. The number of aromatic amines is 1. The third-order valence-corrected chi connectivity index (χ3v) is 3.53. The monoisotopic (exact) mass is 238 g/mol. The van der Waals surface area contributed by atoms with Crippen LogP contribution in [0.2, 0.25) is 0 Å². The van der Waals surface area contributed by atoms with Crippen molar-refractivity contribution in [1.82, 2.24) is 15.3 Å². The number of H-pyrrole nitrogens is 1. The highest BCUT2D eigenvalue weighted by Gasteiger charge is 2.18. The second kappa shape index (κ2) is 3.71. The van der Waals surface area contributed by atoms with Crippen LogP contribution < -0.4 is 10.6 Å². The second-order valence-corrected chi connectivity index (χ2v) is 4.74. The molecule has 3 aromatic rings. The first-order valence-electron chi connectivity index (χ1n) is 6.25. The van der Waals surface area contributed by atoms with Crippen molar-refractivity contribution in [2.45, 2.75) is 6.04 Å². The summed E-state index contributed by atoms with van der Waals surface area (Å²) in [4.78, 5) is 8.06. The van der Waals surface area contributed by atoms with E-state index in [1.807, 2.05) is 18.3 Å². The Hall–Kier alpha value is -2.07. The molecule has 18 heavy (non-hydrogen) atoms. The quantitative estimate of drug-likeness (QED) is 0.641. The molecule has 3 heterocycles. The van der Waals surface area contributed by atoms with Gasteiger partial charge < -0.3 is 15.6 Å². The highest BCUT2D eigenvalue weighted by Crippen LogP contribution is 2.28. The molecule has 1 aliphatic rings. The van der Waals surface area contributed by atoms with Crippen LogP contribution in [-0.2, 0) is 0 Å². The molecular formula is C14H14N4. The van der Waals surface area contributed by atoms with Crippen LogP contribution in [0.25, 0.3) is 21.8 Å². The number of para-hydroxylation sites is 1. The van der Waals surface area contributed by atoms with Gasteiger partial charge in [0.05, 0.1) is 17.1 Å². The van der Waals surface area contributed by atoms with E-state index in [1.54, 1.807) is 0 Å². The molecule has 0 saturated carbocycles. The van der Waals surface area contributed by atoms with Crippen LogP contribution in [0, 0.1) is 0 Å². The summed E-state index contributed by atoms with van der Waals surface area (Å²) < 4.78 is 0. The van der Waals surface area contributed by atoms with Crippen molar-refractivity contribution in [1.29, 1.82) is 0 Å². The van der Waals surface area contributed by atoms with Crippen LogP contribution in [0.1, 0.15) is 0 Å². The Morgan fingerprint density at radius 3 is 2.83 bits per heavy atom. The molecule has 4 heteroatoms. The molecule has 0 amide bonds. The molecule has 0 radical (unpaired) electrons. The molecule has 4 rings (SSSR count). The molecule has 0 atom stereocenters. The third kappa shape index (κ3) is 1.39. The molecule has 0 spiro atoms. The maximum atomic E-state index is 4.74. The Balaban J connectivity index is 1.95. The predicted molar refractivity (Wildman–Crippen MR) is 73.9 cm³/mol. The molecule has 90 valence electrons. The maximum Gasteiger partial charge on any atom is 0.136 e. The number of anilines is 1. The van der Waals surface area contributed by atoms with E-state index in [2.05, 4.69) is 33.8 Å².